The Bertz CT molecular complexity index is 1130. The number of likely N-dealkylation sites (tertiary alicyclic amines) is 1. The van der Waals surface area contributed by atoms with Gasteiger partial charge in [0.15, 0.2) is 0 Å². The molecule has 3 aromatic rings. The van der Waals surface area contributed by atoms with Crippen LogP contribution in [0, 0.1) is 0 Å². The maximum Gasteiger partial charge on any atom is 0.253 e. The second-order valence-electron chi connectivity index (χ2n) is 8.72. The summed E-state index contributed by atoms with van der Waals surface area (Å²) >= 11 is 0. The molecular weight excluding hydrogens is 422 g/mol. The number of hydrogen-bond donors (Lipinski definition) is 1. The van der Waals surface area contributed by atoms with Gasteiger partial charge in [-0.05, 0) is 85.4 Å². The fraction of sp³-hybridized carbons (Fsp3) is 0.310. The predicted molar refractivity (Wildman–Crippen MR) is 137 cm³/mol. The number of aromatic hydroxyl groups is 1. The zero-order valence-electron chi connectivity index (χ0n) is 20.1. The molecule has 0 aliphatic carbocycles. The summed E-state index contributed by atoms with van der Waals surface area (Å²) in [4.78, 5) is 21.2. The molecule has 0 radical (unpaired) electrons. The second-order valence-corrected chi connectivity index (χ2v) is 8.72. The number of phenolic OH excluding ortho intramolecular Hbond substituents is 1. The molecule has 176 valence electrons. The quantitative estimate of drug-likeness (QED) is 0.521. The average molecular weight is 456 g/mol. The lowest BCUT2D eigenvalue weighted by molar-refractivity contribution is 0.0773. The van der Waals surface area contributed by atoms with Gasteiger partial charge in [0.05, 0.1) is 0 Å². The molecule has 1 aromatic heterocycles. The summed E-state index contributed by atoms with van der Waals surface area (Å²) in [6.07, 6.45) is 5.63. The Morgan fingerprint density at radius 2 is 1.56 bits per heavy atom. The number of piperidine rings is 1. The molecule has 5 nitrogen and oxygen atoms in total. The third-order valence-electron chi connectivity index (χ3n) is 6.57. The van der Waals surface area contributed by atoms with Crippen molar-refractivity contribution in [2.24, 2.45) is 0 Å². The highest BCUT2D eigenvalue weighted by Gasteiger charge is 2.20. The van der Waals surface area contributed by atoms with Gasteiger partial charge in [-0.25, -0.2) is 0 Å². The SMILES string of the molecule is CCN(CC)C(=O)c1ccc(C(=C2CCN(Cc3ccncc3)CC2)c2cccc(O)c2)cc1. The molecule has 2 heterocycles. The molecule has 1 aliphatic rings. The fourth-order valence-corrected chi connectivity index (χ4v) is 4.69. The minimum atomic E-state index is 0.0625. The van der Waals surface area contributed by atoms with Gasteiger partial charge in [0, 0.05) is 50.7 Å². The third-order valence-corrected chi connectivity index (χ3v) is 6.57. The lowest BCUT2D eigenvalue weighted by Crippen LogP contribution is -2.30. The van der Waals surface area contributed by atoms with Crippen molar-refractivity contribution in [1.82, 2.24) is 14.8 Å². The van der Waals surface area contributed by atoms with E-state index in [0.717, 1.165) is 43.6 Å². The molecule has 5 heteroatoms. The molecule has 1 aliphatic heterocycles. The number of pyridine rings is 1. The highest BCUT2D eigenvalue weighted by Crippen LogP contribution is 2.34. The van der Waals surface area contributed by atoms with Gasteiger partial charge < -0.3 is 10.0 Å². The Hall–Kier alpha value is -3.44. The van der Waals surface area contributed by atoms with Crippen LogP contribution in [0.3, 0.4) is 0 Å². The Morgan fingerprint density at radius 3 is 2.18 bits per heavy atom. The molecule has 2 aromatic carbocycles. The van der Waals surface area contributed by atoms with Crippen molar-refractivity contribution in [2.75, 3.05) is 26.2 Å². The van der Waals surface area contributed by atoms with Crippen molar-refractivity contribution in [3.8, 4) is 5.75 Å². The summed E-state index contributed by atoms with van der Waals surface area (Å²) in [7, 11) is 0. The van der Waals surface area contributed by atoms with Crippen molar-refractivity contribution < 1.29 is 9.90 Å². The molecule has 0 unspecified atom stereocenters. The Kier molecular flexibility index (Phi) is 7.76. The molecule has 4 rings (SSSR count). The topological polar surface area (TPSA) is 56.7 Å². The summed E-state index contributed by atoms with van der Waals surface area (Å²) in [5.41, 5.74) is 6.64. The first-order valence-electron chi connectivity index (χ1n) is 12.1. The Morgan fingerprint density at radius 1 is 0.912 bits per heavy atom. The third kappa shape index (κ3) is 5.54. The van der Waals surface area contributed by atoms with E-state index in [2.05, 4.69) is 28.1 Å². The van der Waals surface area contributed by atoms with E-state index in [1.165, 1.54) is 16.7 Å². The summed E-state index contributed by atoms with van der Waals surface area (Å²) in [5.74, 6) is 0.326. The first kappa shape index (κ1) is 23.7. The van der Waals surface area contributed by atoms with E-state index in [1.54, 1.807) is 6.07 Å². The maximum atomic E-state index is 12.8. The standard InChI is InChI=1S/C29H33N3O2/c1-3-32(4-2)29(34)25-10-8-23(9-11-25)28(26-6-5-7-27(33)20-26)24-14-18-31(19-15-24)21-22-12-16-30-17-13-22/h5-13,16-17,20,33H,3-4,14-15,18-19,21H2,1-2H3. The number of aromatic nitrogens is 1. The van der Waals surface area contributed by atoms with E-state index in [-0.39, 0.29) is 11.7 Å². The van der Waals surface area contributed by atoms with E-state index in [1.807, 2.05) is 67.5 Å². The Balaban J connectivity index is 1.61. The molecular formula is C29H33N3O2. The molecule has 1 amide bonds. The number of carbonyl (C=O) groups is 1. The van der Waals surface area contributed by atoms with Crippen LogP contribution in [0.2, 0.25) is 0 Å². The number of benzene rings is 2. The van der Waals surface area contributed by atoms with Gasteiger partial charge in [-0.15, -0.1) is 0 Å². The molecule has 0 atom stereocenters. The van der Waals surface area contributed by atoms with Crippen molar-refractivity contribution >= 4 is 11.5 Å². The number of amides is 1. The summed E-state index contributed by atoms with van der Waals surface area (Å²) in [6.45, 7) is 8.30. The molecule has 1 N–H and O–H groups in total. The first-order valence-corrected chi connectivity index (χ1v) is 12.1. The molecule has 0 saturated carbocycles. The number of hydrogen-bond acceptors (Lipinski definition) is 4. The van der Waals surface area contributed by atoms with Gasteiger partial charge in [0.2, 0.25) is 0 Å². The van der Waals surface area contributed by atoms with Crippen LogP contribution in [0.5, 0.6) is 5.75 Å². The van der Waals surface area contributed by atoms with E-state index >= 15 is 0 Å². The Labute approximate surface area is 202 Å². The van der Waals surface area contributed by atoms with Gasteiger partial charge in [-0.3, -0.25) is 14.7 Å². The summed E-state index contributed by atoms with van der Waals surface area (Å²) in [6, 6.07) is 19.6. The van der Waals surface area contributed by atoms with E-state index in [4.69, 9.17) is 0 Å². The van der Waals surface area contributed by atoms with Crippen LogP contribution in [0.1, 0.15) is 53.7 Å². The van der Waals surface area contributed by atoms with E-state index in [0.29, 0.717) is 18.7 Å². The van der Waals surface area contributed by atoms with E-state index < -0.39 is 0 Å². The van der Waals surface area contributed by atoms with Crippen molar-refractivity contribution in [3.63, 3.8) is 0 Å². The molecule has 0 spiro atoms. The number of nitrogens with zero attached hydrogens (tertiary/aromatic N) is 3. The van der Waals surface area contributed by atoms with Crippen LogP contribution in [0.15, 0.2) is 78.6 Å². The molecule has 0 bridgehead atoms. The van der Waals surface area contributed by atoms with E-state index in [9.17, 15) is 9.90 Å². The fourth-order valence-electron chi connectivity index (χ4n) is 4.69. The van der Waals surface area contributed by atoms with Crippen LogP contribution in [0.25, 0.3) is 5.57 Å². The zero-order valence-corrected chi connectivity index (χ0v) is 20.1. The van der Waals surface area contributed by atoms with Gasteiger partial charge in [-0.1, -0.05) is 29.8 Å². The number of rotatable bonds is 7. The minimum Gasteiger partial charge on any atom is -0.508 e. The first-order chi connectivity index (χ1) is 16.6. The van der Waals surface area contributed by atoms with Crippen LogP contribution in [-0.4, -0.2) is 52.0 Å². The highest BCUT2D eigenvalue weighted by atomic mass is 16.3. The van der Waals surface area contributed by atoms with Crippen LogP contribution < -0.4 is 0 Å². The average Bonchev–Trinajstić information content (AvgIpc) is 2.87. The smallest absolute Gasteiger partial charge is 0.253 e. The maximum absolute atomic E-state index is 12.8. The van der Waals surface area contributed by atoms with Crippen LogP contribution in [0.4, 0.5) is 0 Å². The van der Waals surface area contributed by atoms with Gasteiger partial charge in [0.25, 0.3) is 5.91 Å². The normalized spacial score (nSPS) is 14.1. The van der Waals surface area contributed by atoms with Gasteiger partial charge in [0.1, 0.15) is 5.75 Å². The monoisotopic (exact) mass is 455 g/mol. The molecule has 1 saturated heterocycles. The molecule has 34 heavy (non-hydrogen) atoms. The number of carbonyl (C=O) groups excluding carboxylic acids is 1. The van der Waals surface area contributed by atoms with Crippen molar-refractivity contribution in [2.45, 2.75) is 33.2 Å². The summed E-state index contributed by atoms with van der Waals surface area (Å²) in [5, 5.41) is 10.2. The van der Waals surface area contributed by atoms with Crippen molar-refractivity contribution in [1.29, 1.82) is 0 Å². The lowest BCUT2D eigenvalue weighted by atomic mass is 9.88. The van der Waals surface area contributed by atoms with Gasteiger partial charge >= 0.3 is 0 Å². The van der Waals surface area contributed by atoms with Crippen LogP contribution in [-0.2, 0) is 6.54 Å². The molecule has 1 fully saturated rings. The zero-order chi connectivity index (χ0) is 23.9. The second kappa shape index (κ2) is 11.1. The lowest BCUT2D eigenvalue weighted by Gasteiger charge is -2.30. The van der Waals surface area contributed by atoms with Crippen molar-refractivity contribution in [3.05, 3.63) is 101 Å². The largest absolute Gasteiger partial charge is 0.508 e. The minimum absolute atomic E-state index is 0.0625. The number of phenols is 1. The van der Waals surface area contributed by atoms with Gasteiger partial charge in [-0.2, -0.15) is 0 Å². The highest BCUT2D eigenvalue weighted by molar-refractivity contribution is 5.95. The summed E-state index contributed by atoms with van der Waals surface area (Å²) < 4.78 is 0. The predicted octanol–water partition coefficient (Wildman–Crippen LogP) is 5.37. The van der Waals surface area contributed by atoms with Crippen LogP contribution >= 0.6 is 0 Å².